The molecule has 1 atom stereocenters. The Balaban J connectivity index is 1.52. The summed E-state index contributed by atoms with van der Waals surface area (Å²) in [6, 6.07) is 12.9. The van der Waals surface area contributed by atoms with Gasteiger partial charge in [-0.15, -0.1) is 0 Å². The number of nitrogens with one attached hydrogen (secondary N) is 1. The van der Waals surface area contributed by atoms with Crippen LogP contribution in [-0.4, -0.2) is 30.0 Å². The van der Waals surface area contributed by atoms with Crippen LogP contribution in [0.1, 0.15) is 32.3 Å². The van der Waals surface area contributed by atoms with Crippen molar-refractivity contribution in [2.24, 2.45) is 5.92 Å². The van der Waals surface area contributed by atoms with E-state index in [-0.39, 0.29) is 5.91 Å². The average Bonchev–Trinajstić information content (AvgIpc) is 2.67. The number of nitrogens with zero attached hydrogens (tertiary/aromatic N) is 1. The first kappa shape index (κ1) is 21.0. The molecule has 150 valence electrons. The lowest BCUT2D eigenvalue weighted by Gasteiger charge is -2.30. The molecule has 4 nitrogen and oxygen atoms in total. The molecule has 1 saturated heterocycles. The number of ether oxygens (including phenoxy) is 1. The van der Waals surface area contributed by atoms with Crippen LogP contribution in [0.5, 0.6) is 5.75 Å². The van der Waals surface area contributed by atoms with E-state index >= 15 is 0 Å². The third-order valence-electron chi connectivity index (χ3n) is 5.07. The van der Waals surface area contributed by atoms with Crippen LogP contribution in [0.25, 0.3) is 0 Å². The van der Waals surface area contributed by atoms with E-state index in [1.54, 1.807) is 25.1 Å². The molecule has 6 heteroatoms. The number of rotatable bonds is 6. The Morgan fingerprint density at radius 2 is 1.86 bits per heavy atom. The summed E-state index contributed by atoms with van der Waals surface area (Å²) in [6.45, 7) is 7.27. The van der Waals surface area contributed by atoms with Gasteiger partial charge in [-0.1, -0.05) is 42.3 Å². The van der Waals surface area contributed by atoms with E-state index in [0.717, 1.165) is 31.2 Å². The predicted octanol–water partition coefficient (Wildman–Crippen LogP) is 5.63. The highest BCUT2D eigenvalue weighted by atomic mass is 35.5. The van der Waals surface area contributed by atoms with Crippen LogP contribution < -0.4 is 10.1 Å². The second-order valence-corrected chi connectivity index (χ2v) is 8.32. The number of amides is 1. The van der Waals surface area contributed by atoms with Gasteiger partial charge in [-0.05, 0) is 74.7 Å². The SMILES string of the molecule is CC1CCN(Cc2ccc(NC(=O)C(C)Oc3ccc(Cl)cc3Cl)cc2)CC1. The lowest BCUT2D eigenvalue weighted by Crippen LogP contribution is -2.32. The fourth-order valence-electron chi connectivity index (χ4n) is 3.23. The number of piperidine rings is 1. The maximum absolute atomic E-state index is 12.4. The number of anilines is 1. The minimum Gasteiger partial charge on any atom is -0.479 e. The number of likely N-dealkylation sites (tertiary alicyclic amines) is 1. The summed E-state index contributed by atoms with van der Waals surface area (Å²) in [5.41, 5.74) is 2.00. The molecule has 28 heavy (non-hydrogen) atoms. The van der Waals surface area contributed by atoms with Crippen LogP contribution >= 0.6 is 23.2 Å². The lowest BCUT2D eigenvalue weighted by molar-refractivity contribution is -0.122. The Morgan fingerprint density at radius 1 is 1.18 bits per heavy atom. The molecule has 0 aliphatic carbocycles. The normalized spacial score (nSPS) is 16.6. The van der Waals surface area contributed by atoms with Gasteiger partial charge in [0.2, 0.25) is 0 Å². The van der Waals surface area contributed by atoms with Gasteiger partial charge in [0.1, 0.15) is 5.75 Å². The minimum atomic E-state index is -0.686. The van der Waals surface area contributed by atoms with E-state index in [1.165, 1.54) is 18.4 Å². The topological polar surface area (TPSA) is 41.6 Å². The van der Waals surface area contributed by atoms with E-state index in [9.17, 15) is 4.79 Å². The van der Waals surface area contributed by atoms with Crippen LogP contribution in [-0.2, 0) is 11.3 Å². The standard InChI is InChI=1S/C22H26Cl2N2O2/c1-15-9-11-26(12-10-15)14-17-3-6-19(7-4-17)25-22(27)16(2)28-21-8-5-18(23)13-20(21)24/h3-8,13,15-16H,9-12,14H2,1-2H3,(H,25,27). The molecule has 0 radical (unpaired) electrons. The zero-order valence-corrected chi connectivity index (χ0v) is 17.8. The summed E-state index contributed by atoms with van der Waals surface area (Å²) in [7, 11) is 0. The first-order valence-corrected chi connectivity index (χ1v) is 10.4. The average molecular weight is 421 g/mol. The molecule has 2 aromatic rings. The number of carbonyl (C=O) groups excluding carboxylic acids is 1. The molecule has 1 aliphatic rings. The van der Waals surface area contributed by atoms with E-state index in [4.69, 9.17) is 27.9 Å². The molecular formula is C22H26Cl2N2O2. The summed E-state index contributed by atoms with van der Waals surface area (Å²) in [6.07, 6.45) is 1.85. The number of benzene rings is 2. The van der Waals surface area contributed by atoms with Crippen molar-refractivity contribution < 1.29 is 9.53 Å². The van der Waals surface area contributed by atoms with Gasteiger partial charge in [0.15, 0.2) is 6.10 Å². The van der Waals surface area contributed by atoms with Crippen molar-refractivity contribution in [2.75, 3.05) is 18.4 Å². The molecule has 1 heterocycles. The first-order chi connectivity index (χ1) is 13.4. The van der Waals surface area contributed by atoms with Gasteiger partial charge >= 0.3 is 0 Å². The molecule has 1 unspecified atom stereocenters. The van der Waals surface area contributed by atoms with Gasteiger partial charge in [-0.3, -0.25) is 9.69 Å². The third kappa shape index (κ3) is 5.87. The maximum Gasteiger partial charge on any atom is 0.265 e. The van der Waals surface area contributed by atoms with Crippen molar-refractivity contribution in [3.63, 3.8) is 0 Å². The van der Waals surface area contributed by atoms with E-state index in [2.05, 4.69) is 29.3 Å². The van der Waals surface area contributed by atoms with Gasteiger partial charge in [0.25, 0.3) is 5.91 Å². The van der Waals surface area contributed by atoms with Crippen molar-refractivity contribution >= 4 is 34.8 Å². The van der Waals surface area contributed by atoms with Crippen molar-refractivity contribution in [3.8, 4) is 5.75 Å². The smallest absolute Gasteiger partial charge is 0.265 e. The van der Waals surface area contributed by atoms with Crippen LogP contribution in [0.15, 0.2) is 42.5 Å². The fraction of sp³-hybridized carbons (Fsp3) is 0.409. The number of hydrogen-bond acceptors (Lipinski definition) is 3. The molecule has 0 bridgehead atoms. The van der Waals surface area contributed by atoms with Crippen molar-refractivity contribution in [2.45, 2.75) is 39.3 Å². The molecule has 1 amide bonds. The van der Waals surface area contributed by atoms with Gasteiger partial charge < -0.3 is 10.1 Å². The van der Waals surface area contributed by atoms with Crippen LogP contribution in [0.4, 0.5) is 5.69 Å². The quantitative estimate of drug-likeness (QED) is 0.657. The van der Waals surface area contributed by atoms with Gasteiger partial charge in [0, 0.05) is 17.3 Å². The van der Waals surface area contributed by atoms with E-state index in [1.807, 2.05) is 12.1 Å². The Morgan fingerprint density at radius 3 is 2.50 bits per heavy atom. The van der Waals surface area contributed by atoms with Crippen molar-refractivity contribution in [3.05, 3.63) is 58.1 Å². The van der Waals surface area contributed by atoms with E-state index < -0.39 is 6.10 Å². The van der Waals surface area contributed by atoms with Gasteiger partial charge in [-0.25, -0.2) is 0 Å². The molecule has 3 rings (SSSR count). The Bertz CT molecular complexity index is 803. The Hall–Kier alpha value is -1.75. The van der Waals surface area contributed by atoms with Crippen LogP contribution in [0.2, 0.25) is 10.0 Å². The summed E-state index contributed by atoms with van der Waals surface area (Å²) in [5.74, 6) is 1.03. The second-order valence-electron chi connectivity index (χ2n) is 7.48. The molecule has 1 N–H and O–H groups in total. The van der Waals surface area contributed by atoms with Crippen LogP contribution in [0.3, 0.4) is 0 Å². The van der Waals surface area contributed by atoms with Gasteiger partial charge in [-0.2, -0.15) is 0 Å². The fourth-order valence-corrected chi connectivity index (χ4v) is 3.68. The first-order valence-electron chi connectivity index (χ1n) is 9.64. The highest BCUT2D eigenvalue weighted by molar-refractivity contribution is 6.35. The lowest BCUT2D eigenvalue weighted by atomic mass is 9.99. The Kier molecular flexibility index (Phi) is 7.22. The highest BCUT2D eigenvalue weighted by Gasteiger charge is 2.17. The van der Waals surface area contributed by atoms with E-state index in [0.29, 0.717) is 15.8 Å². The largest absolute Gasteiger partial charge is 0.479 e. The number of halogens is 2. The minimum absolute atomic E-state index is 0.233. The zero-order valence-electron chi connectivity index (χ0n) is 16.3. The summed E-state index contributed by atoms with van der Waals surface area (Å²) < 4.78 is 5.66. The monoisotopic (exact) mass is 420 g/mol. The third-order valence-corrected chi connectivity index (χ3v) is 5.60. The second kappa shape index (κ2) is 9.64. The molecule has 1 aliphatic heterocycles. The molecule has 2 aromatic carbocycles. The molecule has 0 aromatic heterocycles. The van der Waals surface area contributed by atoms with Crippen molar-refractivity contribution in [1.82, 2.24) is 4.90 Å². The highest BCUT2D eigenvalue weighted by Crippen LogP contribution is 2.28. The van der Waals surface area contributed by atoms with Crippen LogP contribution in [0, 0.1) is 5.92 Å². The predicted molar refractivity (Wildman–Crippen MR) is 115 cm³/mol. The van der Waals surface area contributed by atoms with Crippen molar-refractivity contribution in [1.29, 1.82) is 0 Å². The molecule has 0 spiro atoms. The number of carbonyl (C=O) groups is 1. The summed E-state index contributed by atoms with van der Waals surface area (Å²) in [4.78, 5) is 14.9. The molecule has 0 saturated carbocycles. The summed E-state index contributed by atoms with van der Waals surface area (Å²) in [5, 5.41) is 3.78. The Labute approximate surface area is 176 Å². The molecule has 1 fully saturated rings. The van der Waals surface area contributed by atoms with Gasteiger partial charge in [0.05, 0.1) is 5.02 Å². The maximum atomic E-state index is 12.4. The summed E-state index contributed by atoms with van der Waals surface area (Å²) >= 11 is 12.0. The molecular weight excluding hydrogens is 395 g/mol. The number of hydrogen-bond donors (Lipinski definition) is 1. The zero-order chi connectivity index (χ0) is 20.1.